The number of aromatic nitrogens is 2. The van der Waals surface area contributed by atoms with Crippen LogP contribution in [-0.4, -0.2) is 10.1 Å². The molecule has 7 heteroatoms. The van der Waals surface area contributed by atoms with Crippen LogP contribution in [-0.2, 0) is 5.75 Å². The van der Waals surface area contributed by atoms with Crippen LogP contribution in [0.15, 0.2) is 48.9 Å². The van der Waals surface area contributed by atoms with Crippen LogP contribution in [0.4, 0.5) is 5.69 Å². The van der Waals surface area contributed by atoms with Crippen molar-refractivity contribution in [2.45, 2.75) is 10.6 Å². The first-order chi connectivity index (χ1) is 9.72. The van der Waals surface area contributed by atoms with Gasteiger partial charge in [-0.2, -0.15) is 16.3 Å². The highest BCUT2D eigenvalue weighted by molar-refractivity contribution is 9.10. The summed E-state index contributed by atoms with van der Waals surface area (Å²) in [6.45, 7) is 0. The van der Waals surface area contributed by atoms with Gasteiger partial charge in [0, 0.05) is 26.0 Å². The summed E-state index contributed by atoms with van der Waals surface area (Å²) >= 11 is 6.73. The van der Waals surface area contributed by atoms with E-state index < -0.39 is 0 Å². The molecule has 2 N–H and O–H groups in total. The molecule has 2 heterocycles. The third-order valence-electron chi connectivity index (χ3n) is 2.55. The SMILES string of the molecule is Nc1ccc(SCc2nc(-c3ccsc3)no2)c(Br)c1. The van der Waals surface area contributed by atoms with E-state index in [0.29, 0.717) is 17.5 Å². The molecule has 0 saturated carbocycles. The number of rotatable bonds is 4. The molecule has 102 valence electrons. The molecule has 0 bridgehead atoms. The molecule has 0 aliphatic rings. The highest BCUT2D eigenvalue weighted by Crippen LogP contribution is 2.31. The number of nitrogens with two attached hydrogens (primary N) is 1. The van der Waals surface area contributed by atoms with Crippen LogP contribution < -0.4 is 5.73 Å². The van der Waals surface area contributed by atoms with Gasteiger partial charge in [0.25, 0.3) is 0 Å². The largest absolute Gasteiger partial charge is 0.399 e. The Labute approximate surface area is 132 Å². The lowest BCUT2D eigenvalue weighted by atomic mass is 10.3. The van der Waals surface area contributed by atoms with E-state index in [4.69, 9.17) is 10.3 Å². The molecule has 0 spiro atoms. The molecule has 0 radical (unpaired) electrons. The van der Waals surface area contributed by atoms with Gasteiger partial charge < -0.3 is 10.3 Å². The van der Waals surface area contributed by atoms with Crippen molar-refractivity contribution in [3.8, 4) is 11.4 Å². The fraction of sp³-hybridized carbons (Fsp3) is 0.0769. The number of hydrogen-bond donors (Lipinski definition) is 1. The summed E-state index contributed by atoms with van der Waals surface area (Å²) in [4.78, 5) is 5.48. The van der Waals surface area contributed by atoms with Gasteiger partial charge in [0.2, 0.25) is 11.7 Å². The fourth-order valence-electron chi connectivity index (χ4n) is 1.60. The van der Waals surface area contributed by atoms with Crippen LogP contribution in [0.25, 0.3) is 11.4 Å². The molecule has 3 aromatic rings. The predicted molar refractivity (Wildman–Crippen MR) is 85.7 cm³/mol. The number of nitrogens with zero attached hydrogens (tertiary/aromatic N) is 2. The molecule has 0 aliphatic heterocycles. The zero-order valence-corrected chi connectivity index (χ0v) is 13.5. The minimum absolute atomic E-state index is 0.611. The Hall–Kier alpha value is -1.31. The first-order valence-electron chi connectivity index (χ1n) is 5.75. The Morgan fingerprint density at radius 3 is 3.00 bits per heavy atom. The summed E-state index contributed by atoms with van der Waals surface area (Å²) in [5, 5.41) is 7.97. The highest BCUT2D eigenvalue weighted by Gasteiger charge is 2.10. The smallest absolute Gasteiger partial charge is 0.237 e. The quantitative estimate of drug-likeness (QED) is 0.545. The van der Waals surface area contributed by atoms with Crippen LogP contribution in [0.5, 0.6) is 0 Å². The summed E-state index contributed by atoms with van der Waals surface area (Å²) in [6, 6.07) is 7.70. The van der Waals surface area contributed by atoms with Crippen molar-refractivity contribution in [3.05, 3.63) is 45.4 Å². The Morgan fingerprint density at radius 1 is 1.35 bits per heavy atom. The van der Waals surface area contributed by atoms with E-state index in [0.717, 1.165) is 20.6 Å². The number of hydrogen-bond acceptors (Lipinski definition) is 6. The van der Waals surface area contributed by atoms with Gasteiger partial charge in [0.1, 0.15) is 0 Å². The Bertz CT molecular complexity index is 712. The van der Waals surface area contributed by atoms with Crippen LogP contribution in [0.3, 0.4) is 0 Å². The number of halogens is 1. The monoisotopic (exact) mass is 367 g/mol. The van der Waals surface area contributed by atoms with E-state index in [2.05, 4.69) is 26.1 Å². The Morgan fingerprint density at radius 2 is 2.25 bits per heavy atom. The molecule has 1 aromatic carbocycles. The van der Waals surface area contributed by atoms with Crippen molar-refractivity contribution < 1.29 is 4.52 Å². The third kappa shape index (κ3) is 3.05. The van der Waals surface area contributed by atoms with Crippen molar-refractivity contribution in [1.82, 2.24) is 10.1 Å². The summed E-state index contributed by atoms with van der Waals surface area (Å²) in [5.41, 5.74) is 7.44. The second kappa shape index (κ2) is 5.99. The molecule has 0 fully saturated rings. The highest BCUT2D eigenvalue weighted by atomic mass is 79.9. The zero-order chi connectivity index (χ0) is 13.9. The topological polar surface area (TPSA) is 64.9 Å². The summed E-state index contributed by atoms with van der Waals surface area (Å²) in [7, 11) is 0. The van der Waals surface area contributed by atoms with E-state index in [9.17, 15) is 0 Å². The van der Waals surface area contributed by atoms with Crippen molar-refractivity contribution in [1.29, 1.82) is 0 Å². The average molecular weight is 368 g/mol. The summed E-state index contributed by atoms with van der Waals surface area (Å²) < 4.78 is 6.23. The lowest BCUT2D eigenvalue weighted by Gasteiger charge is -2.02. The normalized spacial score (nSPS) is 10.8. The van der Waals surface area contributed by atoms with Gasteiger partial charge in [-0.05, 0) is 45.6 Å². The van der Waals surface area contributed by atoms with Crippen LogP contribution >= 0.6 is 39.0 Å². The number of anilines is 1. The number of thioether (sulfide) groups is 1. The molecular weight excluding hydrogens is 358 g/mol. The molecule has 20 heavy (non-hydrogen) atoms. The molecule has 0 saturated heterocycles. The van der Waals surface area contributed by atoms with E-state index in [1.807, 2.05) is 35.0 Å². The first-order valence-corrected chi connectivity index (χ1v) is 8.47. The van der Waals surface area contributed by atoms with Crippen molar-refractivity contribution in [2.24, 2.45) is 0 Å². The molecule has 2 aromatic heterocycles. The van der Waals surface area contributed by atoms with Crippen molar-refractivity contribution in [2.75, 3.05) is 5.73 Å². The second-order valence-electron chi connectivity index (χ2n) is 4.00. The fourth-order valence-corrected chi connectivity index (χ4v) is 3.73. The van der Waals surface area contributed by atoms with Crippen LogP contribution in [0, 0.1) is 0 Å². The minimum atomic E-state index is 0.611. The molecule has 0 aliphatic carbocycles. The molecule has 0 unspecified atom stereocenters. The summed E-state index contributed by atoms with van der Waals surface area (Å²) in [6.07, 6.45) is 0. The maximum absolute atomic E-state index is 5.71. The lowest BCUT2D eigenvalue weighted by molar-refractivity contribution is 0.391. The number of thiophene rings is 1. The standard InChI is InChI=1S/C13H10BrN3OS2/c14-10-5-9(15)1-2-11(10)20-7-12-16-13(17-18-12)8-3-4-19-6-8/h1-6H,7,15H2. The second-order valence-corrected chi connectivity index (χ2v) is 6.65. The molecule has 0 amide bonds. The number of nitrogen functional groups attached to an aromatic ring is 1. The molecule has 3 rings (SSSR count). The summed E-state index contributed by atoms with van der Waals surface area (Å²) in [5.74, 6) is 1.87. The van der Waals surface area contributed by atoms with Gasteiger partial charge in [-0.15, -0.1) is 11.8 Å². The van der Waals surface area contributed by atoms with E-state index >= 15 is 0 Å². The van der Waals surface area contributed by atoms with Crippen LogP contribution in [0.2, 0.25) is 0 Å². The Balaban J connectivity index is 1.70. The maximum Gasteiger partial charge on any atom is 0.237 e. The van der Waals surface area contributed by atoms with E-state index in [1.165, 1.54) is 0 Å². The van der Waals surface area contributed by atoms with Gasteiger partial charge >= 0.3 is 0 Å². The lowest BCUT2D eigenvalue weighted by Crippen LogP contribution is -1.86. The van der Waals surface area contributed by atoms with Gasteiger partial charge in [-0.25, -0.2) is 0 Å². The maximum atomic E-state index is 5.71. The third-order valence-corrected chi connectivity index (χ3v) is 5.21. The van der Waals surface area contributed by atoms with Gasteiger partial charge in [0.15, 0.2) is 0 Å². The van der Waals surface area contributed by atoms with Crippen LogP contribution in [0.1, 0.15) is 5.89 Å². The molecular formula is C13H10BrN3OS2. The number of benzene rings is 1. The van der Waals surface area contributed by atoms with Gasteiger partial charge in [0.05, 0.1) is 5.75 Å². The van der Waals surface area contributed by atoms with Gasteiger partial charge in [-0.3, -0.25) is 0 Å². The zero-order valence-electron chi connectivity index (χ0n) is 10.2. The molecule has 0 atom stereocenters. The first kappa shape index (κ1) is 13.7. The van der Waals surface area contributed by atoms with E-state index in [-0.39, 0.29) is 0 Å². The van der Waals surface area contributed by atoms with E-state index in [1.54, 1.807) is 23.1 Å². The molecule has 4 nitrogen and oxygen atoms in total. The van der Waals surface area contributed by atoms with Crippen molar-refractivity contribution in [3.63, 3.8) is 0 Å². The average Bonchev–Trinajstić information content (AvgIpc) is 3.08. The Kier molecular flexibility index (Phi) is 4.09. The van der Waals surface area contributed by atoms with Gasteiger partial charge in [-0.1, -0.05) is 5.16 Å². The predicted octanol–water partition coefficient (Wildman–Crippen LogP) is 4.44. The van der Waals surface area contributed by atoms with Crippen molar-refractivity contribution >= 4 is 44.7 Å². The minimum Gasteiger partial charge on any atom is -0.399 e.